The van der Waals surface area contributed by atoms with Gasteiger partial charge < -0.3 is 17.1 Å². The summed E-state index contributed by atoms with van der Waals surface area (Å²) < 4.78 is 28.7. The third-order valence-electron chi connectivity index (χ3n) is 2.85. The second-order valence-electron chi connectivity index (χ2n) is 4.91. The summed E-state index contributed by atoms with van der Waals surface area (Å²) in [6.07, 6.45) is 9.76. The fraction of sp³-hybridized carbons (Fsp3) is 0.786. The van der Waals surface area contributed by atoms with Crippen LogP contribution in [0.4, 0.5) is 0 Å². The minimum absolute atomic E-state index is 0. The first kappa shape index (κ1) is 27.7. The number of hydrogen-bond acceptors (Lipinski definition) is 4. The van der Waals surface area contributed by atoms with Crippen LogP contribution in [0.15, 0.2) is 0 Å². The van der Waals surface area contributed by atoms with Gasteiger partial charge >= 0.3 is 41.5 Å². The first-order chi connectivity index (χ1) is 10.2. The third-order valence-corrected chi connectivity index (χ3v) is 3.94. The molecule has 0 saturated heterocycles. The second-order valence-corrected chi connectivity index (χ2v) is 6.51. The Morgan fingerprint density at radius 2 is 1.43 bits per heavy atom. The van der Waals surface area contributed by atoms with Crippen LogP contribution in [0.25, 0.3) is 0 Å². The van der Waals surface area contributed by atoms with Crippen LogP contribution in [0, 0.1) is 6.92 Å². The van der Waals surface area contributed by atoms with Crippen molar-refractivity contribution in [1.29, 1.82) is 0 Å². The molecule has 0 aromatic rings. The molecule has 0 spiro atoms. The van der Waals surface area contributed by atoms with Gasteiger partial charge in [0.2, 0.25) is 0 Å². The van der Waals surface area contributed by atoms with Crippen LogP contribution in [0.1, 0.15) is 64.7 Å². The molecule has 0 bridgehead atoms. The van der Waals surface area contributed by atoms with E-state index in [4.69, 9.17) is 14.8 Å². The average Bonchev–Trinajstić information content (AvgIpc) is 2.39. The van der Waals surface area contributed by atoms with E-state index in [1.54, 1.807) is 0 Å². The van der Waals surface area contributed by atoms with Crippen LogP contribution in [0.3, 0.4) is 0 Å². The number of aliphatic carboxylic acids is 2. The van der Waals surface area contributed by atoms with Crippen LogP contribution >= 0.6 is 0 Å². The van der Waals surface area contributed by atoms with Crippen molar-refractivity contribution >= 4 is 22.1 Å². The molecule has 0 radical (unpaired) electrons. The van der Waals surface area contributed by atoms with Crippen molar-refractivity contribution in [2.45, 2.75) is 70.0 Å². The van der Waals surface area contributed by atoms with Crippen LogP contribution in [-0.2, 0) is 19.7 Å². The molecule has 0 saturated carbocycles. The van der Waals surface area contributed by atoms with Crippen molar-refractivity contribution in [3.8, 4) is 0 Å². The molecule has 0 aliphatic heterocycles. The van der Waals surface area contributed by atoms with E-state index in [0.29, 0.717) is 0 Å². The van der Waals surface area contributed by atoms with Crippen molar-refractivity contribution in [3.05, 3.63) is 6.92 Å². The van der Waals surface area contributed by atoms with E-state index in [1.165, 1.54) is 44.9 Å². The zero-order chi connectivity index (χ0) is 17.6. The largest absolute Gasteiger partial charge is 1.00 e. The Labute approximate surface area is 160 Å². The Hall–Kier alpha value is -0.150. The second kappa shape index (κ2) is 16.7. The molecular formula is C14H27NaO7S. The molecule has 0 heterocycles. The Bertz CT molecular complexity index is 401. The maximum absolute atomic E-state index is 10.2. The van der Waals surface area contributed by atoms with Crippen LogP contribution in [-0.4, -0.2) is 40.4 Å². The van der Waals surface area contributed by atoms with E-state index in [1.807, 2.05) is 0 Å². The van der Waals surface area contributed by atoms with Crippen LogP contribution in [0.5, 0.6) is 0 Å². The summed E-state index contributed by atoms with van der Waals surface area (Å²) in [7, 11) is -4.84. The van der Waals surface area contributed by atoms with Crippen molar-refractivity contribution < 1.29 is 62.3 Å². The Morgan fingerprint density at radius 3 is 1.70 bits per heavy atom. The minimum atomic E-state index is -4.84. The molecule has 1 unspecified atom stereocenters. The molecule has 132 valence electrons. The normalized spacial score (nSPS) is 11.6. The quantitative estimate of drug-likeness (QED) is 0.200. The fourth-order valence-corrected chi connectivity index (χ4v) is 2.22. The Morgan fingerprint density at radius 1 is 1.00 bits per heavy atom. The maximum Gasteiger partial charge on any atom is 1.00 e. The molecule has 0 aromatic heterocycles. The zero-order valence-electron chi connectivity index (χ0n) is 14.0. The smallest absolute Gasteiger partial charge is 0.481 e. The summed E-state index contributed by atoms with van der Waals surface area (Å²) >= 11 is 0. The molecule has 1 atom stereocenters. The molecule has 0 fully saturated rings. The standard InChI is InChI=1S/C10H21.C4H6O7S.Na/c1-3-5-7-9-10-8-6-4-2;5-3(6)1-2(4(7)8)12(9,10)11;/h1,3-10H2,2H3;2H,1H2,(H,5,6)(H,7,8)(H,9,10,11);/q-1;;+1. The molecule has 0 rings (SSSR count). The van der Waals surface area contributed by atoms with E-state index in [-0.39, 0.29) is 29.6 Å². The van der Waals surface area contributed by atoms with Gasteiger partial charge in [-0.2, -0.15) is 14.8 Å². The van der Waals surface area contributed by atoms with Crippen molar-refractivity contribution in [2.75, 3.05) is 0 Å². The molecule has 0 aromatic carbocycles. The maximum atomic E-state index is 10.2. The Kier molecular flexibility index (Phi) is 20.1. The summed E-state index contributed by atoms with van der Waals surface area (Å²) in [4.78, 5) is 20.0. The number of rotatable bonds is 11. The topological polar surface area (TPSA) is 129 Å². The number of unbranched alkanes of at least 4 members (excludes halogenated alkanes) is 7. The Balaban J connectivity index is -0.000000338. The molecule has 3 N–H and O–H groups in total. The van der Waals surface area contributed by atoms with E-state index in [0.717, 1.165) is 6.42 Å². The van der Waals surface area contributed by atoms with Gasteiger partial charge in [0, 0.05) is 0 Å². The summed E-state index contributed by atoms with van der Waals surface area (Å²) in [6, 6.07) is 0. The van der Waals surface area contributed by atoms with Gasteiger partial charge in [-0.1, -0.05) is 51.9 Å². The van der Waals surface area contributed by atoms with Gasteiger partial charge in [0.05, 0.1) is 6.42 Å². The summed E-state index contributed by atoms with van der Waals surface area (Å²) in [5.74, 6) is -3.50. The number of hydrogen-bond donors (Lipinski definition) is 3. The molecule has 0 amide bonds. The van der Waals surface area contributed by atoms with Gasteiger partial charge in [-0.25, -0.2) is 0 Å². The number of carboxylic acid groups (broad SMARTS) is 2. The SMILES string of the molecule is O=C(O)CC(C(=O)O)S(=O)(=O)O.[CH2-]CCCCCCCCC.[Na+]. The summed E-state index contributed by atoms with van der Waals surface area (Å²) in [6.45, 7) is 6.08. The van der Waals surface area contributed by atoms with Gasteiger partial charge in [-0.3, -0.25) is 14.1 Å². The van der Waals surface area contributed by atoms with Gasteiger partial charge in [-0.05, 0) is 0 Å². The number of carboxylic acids is 2. The first-order valence-electron chi connectivity index (χ1n) is 7.36. The molecule has 23 heavy (non-hydrogen) atoms. The van der Waals surface area contributed by atoms with Gasteiger partial charge in [-0.15, -0.1) is 0 Å². The van der Waals surface area contributed by atoms with Crippen molar-refractivity contribution in [2.24, 2.45) is 0 Å². The third kappa shape index (κ3) is 19.8. The van der Waals surface area contributed by atoms with Crippen LogP contribution < -0.4 is 29.6 Å². The average molecular weight is 362 g/mol. The minimum Gasteiger partial charge on any atom is -0.481 e. The monoisotopic (exact) mass is 362 g/mol. The predicted molar refractivity (Wildman–Crippen MR) is 83.2 cm³/mol. The van der Waals surface area contributed by atoms with Crippen molar-refractivity contribution in [3.63, 3.8) is 0 Å². The van der Waals surface area contributed by atoms with Crippen LogP contribution in [0.2, 0.25) is 0 Å². The van der Waals surface area contributed by atoms with E-state index in [9.17, 15) is 18.0 Å². The van der Waals surface area contributed by atoms with Gasteiger partial charge in [0.1, 0.15) is 0 Å². The molecule has 9 heteroatoms. The van der Waals surface area contributed by atoms with E-state index < -0.39 is 33.7 Å². The first-order valence-corrected chi connectivity index (χ1v) is 8.87. The molecule has 0 aliphatic carbocycles. The zero-order valence-corrected chi connectivity index (χ0v) is 16.8. The van der Waals surface area contributed by atoms with Gasteiger partial charge in [0.25, 0.3) is 10.1 Å². The number of carbonyl (C=O) groups is 2. The predicted octanol–water partition coefficient (Wildman–Crippen LogP) is -0.233. The van der Waals surface area contributed by atoms with E-state index in [2.05, 4.69) is 13.8 Å². The van der Waals surface area contributed by atoms with Crippen molar-refractivity contribution in [1.82, 2.24) is 0 Å². The molecule has 0 aliphatic rings. The molecule has 7 nitrogen and oxygen atoms in total. The fourth-order valence-electron chi connectivity index (χ4n) is 1.61. The summed E-state index contributed by atoms with van der Waals surface area (Å²) in [5, 5.41) is 13.9. The molecular weight excluding hydrogens is 335 g/mol. The summed E-state index contributed by atoms with van der Waals surface area (Å²) in [5.41, 5.74) is 0. The van der Waals surface area contributed by atoms with E-state index >= 15 is 0 Å². The van der Waals surface area contributed by atoms with Gasteiger partial charge in [0.15, 0.2) is 5.25 Å².